The lowest BCUT2D eigenvalue weighted by Gasteiger charge is -2.29. The minimum Gasteiger partial charge on any atom is -0.365 e. The molecule has 1 aliphatic rings. The molecule has 1 saturated carbocycles. The summed E-state index contributed by atoms with van der Waals surface area (Å²) in [6.07, 6.45) is 6.35. The smallest absolute Gasteiger partial charge is 0.145 e. The van der Waals surface area contributed by atoms with Gasteiger partial charge in [0.15, 0.2) is 0 Å². The number of nitrogens with zero attached hydrogens (tertiary/aromatic N) is 1. The highest BCUT2D eigenvalue weighted by atomic mass is 79.9. The topological polar surface area (TPSA) is 50.9 Å². The highest BCUT2D eigenvalue weighted by molar-refractivity contribution is 9.10. The van der Waals surface area contributed by atoms with Crippen molar-refractivity contribution in [1.29, 1.82) is 0 Å². The van der Waals surface area contributed by atoms with Gasteiger partial charge in [-0.15, -0.1) is 0 Å². The molecule has 88 valence electrons. The van der Waals surface area contributed by atoms with Crippen LogP contribution in [0.1, 0.15) is 25.7 Å². The first-order valence-corrected chi connectivity index (χ1v) is 6.67. The normalized spacial score (nSPS) is 25.4. The van der Waals surface area contributed by atoms with E-state index in [0.29, 0.717) is 11.1 Å². The Labute approximate surface area is 109 Å². The highest BCUT2D eigenvalue weighted by Gasteiger charge is 2.22. The molecule has 0 spiro atoms. The molecular formula is C11H15BrClN3. The maximum absolute atomic E-state index is 6.10. The maximum Gasteiger partial charge on any atom is 0.145 e. The van der Waals surface area contributed by atoms with E-state index in [4.69, 9.17) is 17.3 Å². The summed E-state index contributed by atoms with van der Waals surface area (Å²) in [4.78, 5) is 4.26. The zero-order valence-electron chi connectivity index (χ0n) is 8.92. The second-order valence-corrected chi connectivity index (χ2v) is 5.51. The van der Waals surface area contributed by atoms with Gasteiger partial charge in [-0.25, -0.2) is 4.98 Å². The Morgan fingerprint density at radius 1 is 1.44 bits per heavy atom. The predicted molar refractivity (Wildman–Crippen MR) is 70.8 cm³/mol. The number of pyridine rings is 1. The summed E-state index contributed by atoms with van der Waals surface area (Å²) >= 11 is 9.43. The van der Waals surface area contributed by atoms with Crippen LogP contribution in [0.3, 0.4) is 0 Å². The summed E-state index contributed by atoms with van der Waals surface area (Å²) in [6, 6.07) is 2.33. The van der Waals surface area contributed by atoms with E-state index in [2.05, 4.69) is 26.2 Å². The number of anilines is 1. The van der Waals surface area contributed by atoms with E-state index in [-0.39, 0.29) is 6.04 Å². The van der Waals surface area contributed by atoms with Gasteiger partial charge in [0.05, 0.1) is 5.02 Å². The molecule has 1 aromatic heterocycles. The number of halogens is 2. The highest BCUT2D eigenvalue weighted by Crippen LogP contribution is 2.26. The number of rotatable bonds is 2. The van der Waals surface area contributed by atoms with E-state index in [1.54, 1.807) is 6.20 Å². The standard InChI is InChI=1S/C11H15BrClN3/c12-7-5-8(13)11(15-6-7)16-10-4-2-1-3-9(10)14/h5-6,9-10H,1-4,14H2,(H,15,16)/t9-,10-/m1/s1. The summed E-state index contributed by atoms with van der Waals surface area (Å²) < 4.78 is 0.885. The molecule has 0 amide bonds. The first-order valence-electron chi connectivity index (χ1n) is 5.50. The fourth-order valence-electron chi connectivity index (χ4n) is 2.04. The monoisotopic (exact) mass is 303 g/mol. The Morgan fingerprint density at radius 2 is 2.19 bits per heavy atom. The summed E-state index contributed by atoms with van der Waals surface area (Å²) in [6.45, 7) is 0. The van der Waals surface area contributed by atoms with Crippen molar-refractivity contribution in [2.75, 3.05) is 5.32 Å². The van der Waals surface area contributed by atoms with Gasteiger partial charge in [-0.2, -0.15) is 0 Å². The van der Waals surface area contributed by atoms with Crippen molar-refractivity contribution < 1.29 is 0 Å². The molecular weight excluding hydrogens is 289 g/mol. The lowest BCUT2D eigenvalue weighted by Crippen LogP contribution is -2.42. The molecule has 1 aromatic rings. The van der Waals surface area contributed by atoms with Crippen LogP contribution in [0.4, 0.5) is 5.82 Å². The van der Waals surface area contributed by atoms with Crippen LogP contribution in [0.5, 0.6) is 0 Å². The molecule has 0 aromatic carbocycles. The number of nitrogens with two attached hydrogens (primary N) is 1. The van der Waals surface area contributed by atoms with Crippen LogP contribution >= 0.6 is 27.5 Å². The molecule has 0 radical (unpaired) electrons. The van der Waals surface area contributed by atoms with Gasteiger partial charge in [0, 0.05) is 22.8 Å². The summed E-state index contributed by atoms with van der Waals surface area (Å²) in [5.41, 5.74) is 6.06. The van der Waals surface area contributed by atoms with E-state index in [9.17, 15) is 0 Å². The molecule has 0 aliphatic heterocycles. The molecule has 3 nitrogen and oxygen atoms in total. The van der Waals surface area contributed by atoms with Crippen molar-refractivity contribution in [3.8, 4) is 0 Å². The summed E-state index contributed by atoms with van der Waals surface area (Å²) in [5.74, 6) is 0.729. The van der Waals surface area contributed by atoms with Gasteiger partial charge >= 0.3 is 0 Å². The number of hydrogen-bond donors (Lipinski definition) is 2. The van der Waals surface area contributed by atoms with E-state index < -0.39 is 0 Å². The molecule has 0 bridgehead atoms. The Morgan fingerprint density at radius 3 is 2.88 bits per heavy atom. The molecule has 1 heterocycles. The van der Waals surface area contributed by atoms with Gasteiger partial charge in [-0.3, -0.25) is 0 Å². The third-order valence-corrected chi connectivity index (χ3v) is 3.67. The van der Waals surface area contributed by atoms with Crippen LogP contribution in [0, 0.1) is 0 Å². The van der Waals surface area contributed by atoms with Gasteiger partial charge in [0.25, 0.3) is 0 Å². The van der Waals surface area contributed by atoms with Crippen molar-refractivity contribution in [2.24, 2.45) is 5.73 Å². The quantitative estimate of drug-likeness (QED) is 0.882. The summed E-state index contributed by atoms with van der Waals surface area (Å²) in [7, 11) is 0. The second kappa shape index (κ2) is 5.34. The van der Waals surface area contributed by atoms with Crippen molar-refractivity contribution in [3.05, 3.63) is 21.8 Å². The molecule has 3 N–H and O–H groups in total. The minimum atomic E-state index is 0.204. The Balaban J connectivity index is 2.07. The zero-order chi connectivity index (χ0) is 11.5. The second-order valence-electron chi connectivity index (χ2n) is 4.18. The van der Waals surface area contributed by atoms with Crippen LogP contribution in [-0.4, -0.2) is 17.1 Å². The number of nitrogens with one attached hydrogen (secondary N) is 1. The van der Waals surface area contributed by atoms with Gasteiger partial charge in [-0.1, -0.05) is 24.4 Å². The molecule has 0 saturated heterocycles. The van der Waals surface area contributed by atoms with Gasteiger partial charge in [0.2, 0.25) is 0 Å². The average molecular weight is 305 g/mol. The van der Waals surface area contributed by atoms with Crippen LogP contribution in [0.2, 0.25) is 5.02 Å². The lowest BCUT2D eigenvalue weighted by molar-refractivity contribution is 0.403. The van der Waals surface area contributed by atoms with Gasteiger partial charge in [0.1, 0.15) is 5.82 Å². The molecule has 5 heteroatoms. The average Bonchev–Trinajstić information content (AvgIpc) is 2.25. The Kier molecular flexibility index (Phi) is 4.05. The van der Waals surface area contributed by atoms with Crippen LogP contribution < -0.4 is 11.1 Å². The fourth-order valence-corrected chi connectivity index (χ4v) is 2.72. The number of aromatic nitrogens is 1. The van der Waals surface area contributed by atoms with E-state index in [1.807, 2.05) is 6.07 Å². The van der Waals surface area contributed by atoms with E-state index in [1.165, 1.54) is 12.8 Å². The largest absolute Gasteiger partial charge is 0.365 e. The Hall–Kier alpha value is -0.320. The van der Waals surface area contributed by atoms with Gasteiger partial charge < -0.3 is 11.1 Å². The van der Waals surface area contributed by atoms with Crippen LogP contribution in [-0.2, 0) is 0 Å². The van der Waals surface area contributed by atoms with E-state index >= 15 is 0 Å². The minimum absolute atomic E-state index is 0.204. The lowest BCUT2D eigenvalue weighted by atomic mass is 9.91. The van der Waals surface area contributed by atoms with Crippen molar-refractivity contribution >= 4 is 33.3 Å². The molecule has 2 rings (SSSR count). The molecule has 0 unspecified atom stereocenters. The van der Waals surface area contributed by atoms with E-state index in [0.717, 1.165) is 23.1 Å². The zero-order valence-corrected chi connectivity index (χ0v) is 11.3. The first kappa shape index (κ1) is 12.1. The van der Waals surface area contributed by atoms with Crippen molar-refractivity contribution in [1.82, 2.24) is 4.98 Å². The van der Waals surface area contributed by atoms with Crippen LogP contribution in [0.25, 0.3) is 0 Å². The van der Waals surface area contributed by atoms with Crippen molar-refractivity contribution in [3.63, 3.8) is 0 Å². The molecule has 1 aliphatic carbocycles. The third kappa shape index (κ3) is 2.87. The van der Waals surface area contributed by atoms with Crippen LogP contribution in [0.15, 0.2) is 16.7 Å². The molecule has 2 atom stereocenters. The first-order chi connectivity index (χ1) is 7.66. The van der Waals surface area contributed by atoms with Crippen molar-refractivity contribution in [2.45, 2.75) is 37.8 Å². The predicted octanol–water partition coefficient (Wildman–Crippen LogP) is 3.18. The fraction of sp³-hybridized carbons (Fsp3) is 0.545. The number of hydrogen-bond acceptors (Lipinski definition) is 3. The maximum atomic E-state index is 6.10. The SMILES string of the molecule is N[C@@H]1CCCC[C@H]1Nc1ncc(Br)cc1Cl. The van der Waals surface area contributed by atoms with Gasteiger partial charge in [-0.05, 0) is 34.8 Å². The summed E-state index contributed by atoms with van der Waals surface area (Å²) in [5, 5.41) is 3.97. The molecule has 16 heavy (non-hydrogen) atoms. The third-order valence-electron chi connectivity index (χ3n) is 2.95. The Bertz CT molecular complexity index is 372. The molecule has 1 fully saturated rings.